The molecule has 2 aromatic carbocycles. The Labute approximate surface area is 198 Å². The lowest BCUT2D eigenvalue weighted by molar-refractivity contribution is -0.140. The molecule has 4 rings (SSSR count). The quantitative estimate of drug-likeness (QED) is 0.304. The highest BCUT2D eigenvalue weighted by Crippen LogP contribution is 2.42. The van der Waals surface area contributed by atoms with Gasteiger partial charge in [0.25, 0.3) is 11.7 Å². The van der Waals surface area contributed by atoms with Crippen LogP contribution in [-0.2, 0) is 16.1 Å². The summed E-state index contributed by atoms with van der Waals surface area (Å²) in [6.07, 6.45) is 3.30. The van der Waals surface area contributed by atoms with Crippen LogP contribution in [-0.4, -0.2) is 39.9 Å². The number of carbonyl (C=O) groups excluding carboxylic acids is 2. The molecule has 0 spiro atoms. The lowest BCUT2D eigenvalue weighted by Gasteiger charge is -2.25. The normalized spacial score (nSPS) is 17.1. The molecule has 7 nitrogen and oxygen atoms in total. The smallest absolute Gasteiger partial charge is 0.295 e. The number of aliphatic hydroxyl groups is 1. The number of benzene rings is 2. The predicted molar refractivity (Wildman–Crippen MR) is 127 cm³/mol. The van der Waals surface area contributed by atoms with Crippen molar-refractivity contribution in [3.05, 3.63) is 95.3 Å². The van der Waals surface area contributed by atoms with E-state index in [-0.39, 0.29) is 17.9 Å². The Hall–Kier alpha value is -4.13. The summed E-state index contributed by atoms with van der Waals surface area (Å²) in [5.74, 6) is -0.752. The molecule has 1 atom stereocenters. The van der Waals surface area contributed by atoms with Gasteiger partial charge in [0.2, 0.25) is 0 Å². The molecule has 1 aliphatic rings. The van der Waals surface area contributed by atoms with Crippen LogP contribution in [0.5, 0.6) is 11.5 Å². The number of rotatable bonds is 8. The van der Waals surface area contributed by atoms with Crippen molar-refractivity contribution < 1.29 is 24.2 Å². The van der Waals surface area contributed by atoms with Gasteiger partial charge in [-0.15, -0.1) is 0 Å². The van der Waals surface area contributed by atoms with Crippen molar-refractivity contribution in [3.8, 4) is 11.5 Å². The van der Waals surface area contributed by atoms with E-state index in [1.807, 2.05) is 50.2 Å². The van der Waals surface area contributed by atoms with Crippen LogP contribution < -0.4 is 9.47 Å². The molecule has 2 heterocycles. The van der Waals surface area contributed by atoms with Gasteiger partial charge in [-0.3, -0.25) is 14.6 Å². The molecule has 1 saturated heterocycles. The molecule has 0 bridgehead atoms. The van der Waals surface area contributed by atoms with E-state index in [9.17, 15) is 14.7 Å². The summed E-state index contributed by atoms with van der Waals surface area (Å²) in [5.41, 5.74) is 1.84. The summed E-state index contributed by atoms with van der Waals surface area (Å²) in [6, 6.07) is 17.1. The van der Waals surface area contributed by atoms with Crippen molar-refractivity contribution in [3.63, 3.8) is 0 Å². The van der Waals surface area contributed by atoms with E-state index in [4.69, 9.17) is 9.47 Å². The Morgan fingerprint density at radius 2 is 1.76 bits per heavy atom. The van der Waals surface area contributed by atoms with Gasteiger partial charge in [-0.05, 0) is 43.2 Å². The number of aliphatic hydroxyl groups excluding tert-OH is 1. The average molecular weight is 459 g/mol. The van der Waals surface area contributed by atoms with Crippen LogP contribution in [0.2, 0.25) is 0 Å². The average Bonchev–Trinajstić information content (AvgIpc) is 3.10. The fourth-order valence-electron chi connectivity index (χ4n) is 4.09. The number of ether oxygens (including phenoxy) is 2. The van der Waals surface area contributed by atoms with E-state index < -0.39 is 17.7 Å². The summed E-state index contributed by atoms with van der Waals surface area (Å²) in [7, 11) is 0. The molecule has 0 aliphatic carbocycles. The first-order valence-electron chi connectivity index (χ1n) is 11.2. The third kappa shape index (κ3) is 4.50. The number of likely N-dealkylation sites (tertiary alicyclic amines) is 1. The minimum absolute atomic E-state index is 0.0187. The van der Waals surface area contributed by atoms with Crippen molar-refractivity contribution in [2.75, 3.05) is 13.2 Å². The summed E-state index contributed by atoms with van der Waals surface area (Å²) in [5, 5.41) is 11.4. The molecular formula is C27H26N2O5. The molecule has 0 radical (unpaired) electrons. The van der Waals surface area contributed by atoms with E-state index in [1.54, 1.807) is 36.7 Å². The zero-order valence-electron chi connectivity index (χ0n) is 19.1. The second-order valence-electron chi connectivity index (χ2n) is 7.72. The number of pyridine rings is 1. The summed E-state index contributed by atoms with van der Waals surface area (Å²) < 4.78 is 11.3. The molecule has 174 valence electrons. The first kappa shape index (κ1) is 23.0. The number of hydrogen-bond acceptors (Lipinski definition) is 6. The van der Waals surface area contributed by atoms with Gasteiger partial charge < -0.3 is 19.5 Å². The van der Waals surface area contributed by atoms with Crippen molar-refractivity contribution in [2.24, 2.45) is 0 Å². The molecule has 7 heteroatoms. The molecule has 1 unspecified atom stereocenters. The Balaban J connectivity index is 1.86. The van der Waals surface area contributed by atoms with Gasteiger partial charge in [-0.2, -0.15) is 0 Å². The molecular weight excluding hydrogens is 432 g/mol. The maximum atomic E-state index is 13.3. The topological polar surface area (TPSA) is 89.0 Å². The van der Waals surface area contributed by atoms with Crippen LogP contribution in [0.15, 0.2) is 78.6 Å². The van der Waals surface area contributed by atoms with Gasteiger partial charge in [-0.25, -0.2) is 0 Å². The Morgan fingerprint density at radius 1 is 1.00 bits per heavy atom. The highest BCUT2D eigenvalue weighted by atomic mass is 16.5. The first-order valence-corrected chi connectivity index (χ1v) is 11.2. The minimum atomic E-state index is -0.762. The van der Waals surface area contributed by atoms with Gasteiger partial charge in [0.1, 0.15) is 17.3 Å². The first-order chi connectivity index (χ1) is 16.5. The van der Waals surface area contributed by atoms with Crippen LogP contribution in [0.4, 0.5) is 0 Å². The molecule has 1 amide bonds. The maximum absolute atomic E-state index is 13.3. The number of ketones is 1. The lowest BCUT2D eigenvalue weighted by Crippen LogP contribution is -2.29. The van der Waals surface area contributed by atoms with Crippen LogP contribution in [0, 0.1) is 0 Å². The second kappa shape index (κ2) is 10.2. The van der Waals surface area contributed by atoms with E-state index in [0.29, 0.717) is 30.3 Å². The fraction of sp³-hybridized carbons (Fsp3) is 0.222. The molecule has 1 N–H and O–H groups in total. The Bertz CT molecular complexity index is 1210. The molecule has 1 aromatic heterocycles. The van der Waals surface area contributed by atoms with Crippen LogP contribution in [0.25, 0.3) is 5.76 Å². The summed E-state index contributed by atoms with van der Waals surface area (Å²) in [6.45, 7) is 4.71. The minimum Gasteiger partial charge on any atom is -0.507 e. The van der Waals surface area contributed by atoms with Crippen LogP contribution >= 0.6 is 0 Å². The van der Waals surface area contributed by atoms with Gasteiger partial charge in [0.15, 0.2) is 0 Å². The van der Waals surface area contributed by atoms with Crippen LogP contribution in [0.1, 0.15) is 36.6 Å². The van der Waals surface area contributed by atoms with E-state index in [2.05, 4.69) is 4.98 Å². The number of hydrogen-bond donors (Lipinski definition) is 1. The van der Waals surface area contributed by atoms with E-state index >= 15 is 0 Å². The number of amides is 1. The number of carbonyl (C=O) groups is 2. The Kier molecular flexibility index (Phi) is 6.92. The lowest BCUT2D eigenvalue weighted by atomic mass is 9.95. The third-order valence-electron chi connectivity index (χ3n) is 5.55. The molecule has 0 saturated carbocycles. The summed E-state index contributed by atoms with van der Waals surface area (Å²) >= 11 is 0. The van der Waals surface area contributed by atoms with Gasteiger partial charge >= 0.3 is 0 Å². The standard InChI is InChI=1S/C27H26N2O5/c1-3-33-20-12-13-21(22(15-20)34-4-2)25(30)23-24(19-10-6-5-7-11-19)29(27(32)26(23)31)17-18-9-8-14-28-16-18/h5-16,24,30H,3-4,17H2,1-2H3/b25-23-. The molecule has 3 aromatic rings. The highest BCUT2D eigenvalue weighted by Gasteiger charge is 2.46. The van der Waals surface area contributed by atoms with Gasteiger partial charge in [0, 0.05) is 25.0 Å². The molecule has 1 aliphatic heterocycles. The maximum Gasteiger partial charge on any atom is 0.295 e. The summed E-state index contributed by atoms with van der Waals surface area (Å²) in [4.78, 5) is 32.0. The molecule has 1 fully saturated rings. The van der Waals surface area contributed by atoms with Crippen molar-refractivity contribution in [2.45, 2.75) is 26.4 Å². The zero-order valence-corrected chi connectivity index (χ0v) is 19.1. The number of nitrogens with zero attached hydrogens (tertiary/aromatic N) is 2. The van der Waals surface area contributed by atoms with Crippen LogP contribution in [0.3, 0.4) is 0 Å². The highest BCUT2D eigenvalue weighted by molar-refractivity contribution is 6.46. The van der Waals surface area contributed by atoms with Crippen molar-refractivity contribution >= 4 is 17.4 Å². The Morgan fingerprint density at radius 3 is 2.44 bits per heavy atom. The zero-order chi connectivity index (χ0) is 24.1. The number of Topliss-reactive ketones (excluding diaryl/α,β-unsaturated/α-hetero) is 1. The van der Waals surface area contributed by atoms with E-state index in [0.717, 1.165) is 11.1 Å². The van der Waals surface area contributed by atoms with Crippen molar-refractivity contribution in [1.82, 2.24) is 9.88 Å². The largest absolute Gasteiger partial charge is 0.507 e. The van der Waals surface area contributed by atoms with Gasteiger partial charge in [-0.1, -0.05) is 36.4 Å². The fourth-order valence-corrected chi connectivity index (χ4v) is 4.09. The second-order valence-corrected chi connectivity index (χ2v) is 7.72. The van der Waals surface area contributed by atoms with E-state index in [1.165, 1.54) is 4.90 Å². The predicted octanol–water partition coefficient (Wildman–Crippen LogP) is 4.50. The SMILES string of the molecule is CCOc1ccc(/C(O)=C2/C(=O)C(=O)N(Cc3cccnc3)C2c2ccccc2)c(OCC)c1. The third-order valence-corrected chi connectivity index (χ3v) is 5.55. The number of aromatic nitrogens is 1. The monoisotopic (exact) mass is 458 g/mol. The van der Waals surface area contributed by atoms with Gasteiger partial charge in [0.05, 0.1) is 30.4 Å². The molecule has 34 heavy (non-hydrogen) atoms. The van der Waals surface area contributed by atoms with Crippen molar-refractivity contribution in [1.29, 1.82) is 0 Å².